The molecule has 3 aromatic rings. The van der Waals surface area contributed by atoms with Crippen molar-refractivity contribution in [2.75, 3.05) is 10.6 Å². The molecule has 2 aliphatic carbocycles. The van der Waals surface area contributed by atoms with Gasteiger partial charge < -0.3 is 16.4 Å². The summed E-state index contributed by atoms with van der Waals surface area (Å²) in [6, 6.07) is 6.42. The van der Waals surface area contributed by atoms with Crippen LogP contribution in [0.1, 0.15) is 95.3 Å². The molecule has 2 saturated carbocycles. The van der Waals surface area contributed by atoms with Crippen LogP contribution in [-0.4, -0.2) is 34.2 Å². The zero-order chi connectivity index (χ0) is 28.9. The number of nitrogens with zero attached hydrogens (tertiary/aromatic N) is 2. The van der Waals surface area contributed by atoms with Crippen LogP contribution in [0.5, 0.6) is 0 Å². The van der Waals surface area contributed by atoms with Crippen molar-refractivity contribution < 1.29 is 18.8 Å². The summed E-state index contributed by atoms with van der Waals surface area (Å²) >= 11 is 8.28. The Morgan fingerprint density at radius 3 is 2.27 bits per heavy atom. The number of amides is 3. The second kappa shape index (κ2) is 13.3. The Labute approximate surface area is 251 Å². The normalized spacial score (nSPS) is 17.1. The maximum absolute atomic E-state index is 14.3. The molecule has 2 aromatic heterocycles. The van der Waals surface area contributed by atoms with Crippen LogP contribution in [0.3, 0.4) is 0 Å². The molecule has 1 atom stereocenters. The van der Waals surface area contributed by atoms with E-state index in [9.17, 15) is 18.8 Å². The van der Waals surface area contributed by atoms with Gasteiger partial charge in [-0.1, -0.05) is 56.2 Å². The molecule has 0 bridgehead atoms. The lowest BCUT2D eigenvalue weighted by Gasteiger charge is -2.32. The Hall–Kier alpha value is -3.02. The van der Waals surface area contributed by atoms with Crippen LogP contribution in [0.2, 0.25) is 5.02 Å². The quantitative estimate of drug-likeness (QED) is 0.267. The fraction of sp³-hybridized carbons (Fsp3) is 0.448. The Morgan fingerprint density at radius 2 is 1.66 bits per heavy atom. The second-order valence-electron chi connectivity index (χ2n) is 10.6. The highest BCUT2D eigenvalue weighted by Gasteiger charge is 2.38. The molecule has 41 heavy (non-hydrogen) atoms. The molecule has 8 nitrogen and oxygen atoms in total. The summed E-state index contributed by atoms with van der Waals surface area (Å²) in [6.07, 6.45) is 9.90. The number of benzene rings is 1. The van der Waals surface area contributed by atoms with E-state index in [0.717, 1.165) is 81.8 Å². The first-order valence-corrected chi connectivity index (χ1v) is 16.0. The molecular weight excluding hydrogens is 585 g/mol. The van der Waals surface area contributed by atoms with Gasteiger partial charge in [0.25, 0.3) is 11.8 Å². The van der Waals surface area contributed by atoms with Crippen molar-refractivity contribution >= 4 is 63.6 Å². The van der Waals surface area contributed by atoms with Gasteiger partial charge in [0, 0.05) is 22.6 Å². The molecule has 5 rings (SSSR count). The highest BCUT2D eigenvalue weighted by molar-refractivity contribution is 7.10. The maximum atomic E-state index is 14.3. The highest BCUT2D eigenvalue weighted by atomic mass is 35.5. The van der Waals surface area contributed by atoms with Crippen molar-refractivity contribution in [3.05, 3.63) is 62.0 Å². The number of nitrogens with one attached hydrogen (secondary N) is 2. The van der Waals surface area contributed by atoms with Crippen molar-refractivity contribution in [1.29, 1.82) is 0 Å². The first kappa shape index (κ1) is 29.5. The molecule has 2 fully saturated rings. The Kier molecular flexibility index (Phi) is 9.57. The number of halogens is 2. The van der Waals surface area contributed by atoms with E-state index in [0.29, 0.717) is 4.88 Å². The summed E-state index contributed by atoms with van der Waals surface area (Å²) in [5, 5.41) is 7.76. The van der Waals surface area contributed by atoms with Crippen LogP contribution in [0, 0.1) is 5.82 Å². The van der Waals surface area contributed by atoms with Crippen LogP contribution in [0.4, 0.5) is 15.8 Å². The van der Waals surface area contributed by atoms with Gasteiger partial charge in [-0.05, 0) is 66.9 Å². The molecule has 2 heterocycles. The molecule has 3 amide bonds. The van der Waals surface area contributed by atoms with E-state index in [1.807, 2.05) is 5.38 Å². The zero-order valence-electron chi connectivity index (χ0n) is 22.5. The fourth-order valence-electron chi connectivity index (χ4n) is 5.59. The number of nitrogens with two attached hydrogens (primary N) is 1. The maximum Gasteiger partial charge on any atom is 0.273 e. The minimum Gasteiger partial charge on any atom is -0.395 e. The Morgan fingerprint density at radius 1 is 1.00 bits per heavy atom. The molecule has 12 heteroatoms. The number of thiophene rings is 1. The molecule has 0 aliphatic heterocycles. The highest BCUT2D eigenvalue weighted by Crippen LogP contribution is 2.36. The number of anilines is 2. The van der Waals surface area contributed by atoms with Crippen LogP contribution in [-0.2, 0) is 4.79 Å². The lowest BCUT2D eigenvalue weighted by atomic mass is 9.95. The summed E-state index contributed by atoms with van der Waals surface area (Å²) in [6.45, 7) is 0. The Balaban J connectivity index is 1.51. The summed E-state index contributed by atoms with van der Waals surface area (Å²) in [5.41, 5.74) is 6.54. The van der Waals surface area contributed by atoms with Crippen molar-refractivity contribution in [2.24, 2.45) is 0 Å². The second-order valence-corrected chi connectivity index (χ2v) is 12.8. The number of hydrogen-bond donors (Lipinski definition) is 3. The summed E-state index contributed by atoms with van der Waals surface area (Å²) in [7, 11) is 0. The largest absolute Gasteiger partial charge is 0.395 e. The number of aromatic nitrogens is 1. The van der Waals surface area contributed by atoms with Gasteiger partial charge in [0.2, 0.25) is 5.91 Å². The third-order valence-corrected chi connectivity index (χ3v) is 9.81. The minimum atomic E-state index is -1.08. The van der Waals surface area contributed by atoms with E-state index in [4.69, 9.17) is 17.3 Å². The Bertz CT molecular complexity index is 1390. The number of hydrogen-bond acceptors (Lipinski definition) is 7. The molecule has 2 aliphatic rings. The summed E-state index contributed by atoms with van der Waals surface area (Å²) < 4.78 is 18.4. The van der Waals surface area contributed by atoms with Gasteiger partial charge in [0.15, 0.2) is 11.7 Å². The lowest BCUT2D eigenvalue weighted by Crippen LogP contribution is -2.47. The summed E-state index contributed by atoms with van der Waals surface area (Å²) in [5.74, 6) is -2.06. The standard InChI is InChI=1S/C29H33ClFN5O3S2/c30-20-16-19(13-14-21(20)31)36(25(22-12-7-15-40-22)28(38)34-18-10-5-2-6-11-18)29(39)26-23(32)24(35-41-26)27(37)33-17-8-3-1-4-9-17/h7,12-18,25H,1-6,8-11,32H2,(H,33,37)(H,34,38)/t25-/m0/s1. The third kappa shape index (κ3) is 6.73. The number of carbonyl (C=O) groups is 3. The van der Waals surface area contributed by atoms with Crippen LogP contribution >= 0.6 is 34.5 Å². The van der Waals surface area contributed by atoms with E-state index in [2.05, 4.69) is 15.0 Å². The van der Waals surface area contributed by atoms with Crippen molar-refractivity contribution in [3.63, 3.8) is 0 Å². The molecular formula is C29H33ClFN5O3S2. The van der Waals surface area contributed by atoms with Gasteiger partial charge >= 0.3 is 0 Å². The fourth-order valence-corrected chi connectivity index (χ4v) is 7.31. The van der Waals surface area contributed by atoms with E-state index < -0.39 is 23.7 Å². The van der Waals surface area contributed by atoms with Crippen molar-refractivity contribution in [2.45, 2.75) is 82.3 Å². The SMILES string of the molecule is Nc1c(C(=O)NC2CCCCC2)nsc1C(=O)N(c1ccc(F)c(Cl)c1)[C@H](C(=O)NC1CCCCC1)c1cccs1. The van der Waals surface area contributed by atoms with Crippen LogP contribution in [0.15, 0.2) is 35.7 Å². The smallest absolute Gasteiger partial charge is 0.273 e. The predicted molar refractivity (Wildman–Crippen MR) is 161 cm³/mol. The predicted octanol–water partition coefficient (Wildman–Crippen LogP) is 6.48. The van der Waals surface area contributed by atoms with E-state index in [1.165, 1.54) is 28.4 Å². The monoisotopic (exact) mass is 617 g/mol. The topological polar surface area (TPSA) is 117 Å². The third-order valence-electron chi connectivity index (χ3n) is 7.75. The molecule has 1 aromatic carbocycles. The number of rotatable bonds is 8. The number of nitrogen functional groups attached to an aromatic ring is 1. The molecule has 0 radical (unpaired) electrons. The molecule has 0 unspecified atom stereocenters. The van der Waals surface area contributed by atoms with E-state index >= 15 is 0 Å². The average Bonchev–Trinajstić information content (AvgIpc) is 3.64. The zero-order valence-corrected chi connectivity index (χ0v) is 24.9. The van der Waals surface area contributed by atoms with Gasteiger partial charge in [-0.25, -0.2) is 4.39 Å². The molecule has 218 valence electrons. The molecule has 4 N–H and O–H groups in total. The first-order chi connectivity index (χ1) is 19.8. The first-order valence-electron chi connectivity index (χ1n) is 14.0. The van der Waals surface area contributed by atoms with Crippen LogP contribution in [0.25, 0.3) is 0 Å². The minimum absolute atomic E-state index is 0.00368. The van der Waals surface area contributed by atoms with Crippen molar-refractivity contribution in [1.82, 2.24) is 15.0 Å². The van der Waals surface area contributed by atoms with Gasteiger partial charge in [-0.15, -0.1) is 11.3 Å². The van der Waals surface area contributed by atoms with Gasteiger partial charge in [-0.2, -0.15) is 4.37 Å². The molecule has 0 saturated heterocycles. The average molecular weight is 618 g/mol. The van der Waals surface area contributed by atoms with Crippen LogP contribution < -0.4 is 21.3 Å². The lowest BCUT2D eigenvalue weighted by molar-refractivity contribution is -0.123. The van der Waals surface area contributed by atoms with Crippen molar-refractivity contribution in [3.8, 4) is 0 Å². The van der Waals surface area contributed by atoms with Gasteiger partial charge in [0.1, 0.15) is 10.7 Å². The number of carbonyl (C=O) groups excluding carboxylic acids is 3. The van der Waals surface area contributed by atoms with E-state index in [1.54, 1.807) is 12.1 Å². The molecule has 0 spiro atoms. The van der Waals surface area contributed by atoms with E-state index in [-0.39, 0.29) is 45.0 Å². The van der Waals surface area contributed by atoms with Gasteiger partial charge in [0.05, 0.1) is 10.7 Å². The summed E-state index contributed by atoms with van der Waals surface area (Å²) in [4.78, 5) is 43.2. The van der Waals surface area contributed by atoms with Gasteiger partial charge in [-0.3, -0.25) is 19.3 Å².